The van der Waals surface area contributed by atoms with Gasteiger partial charge < -0.3 is 9.57 Å². The molecule has 5 heteroatoms. The van der Waals surface area contributed by atoms with Crippen molar-refractivity contribution in [2.75, 3.05) is 7.11 Å². The lowest BCUT2D eigenvalue weighted by molar-refractivity contribution is 0.334. The Bertz CT molecular complexity index is 765. The minimum atomic E-state index is 0.436. The number of para-hydroxylation sites is 1. The molecule has 0 saturated carbocycles. The van der Waals surface area contributed by atoms with E-state index < -0.39 is 0 Å². The molecule has 1 aromatic heterocycles. The van der Waals surface area contributed by atoms with Crippen LogP contribution in [0.1, 0.15) is 5.56 Å². The molecule has 0 bridgehead atoms. The summed E-state index contributed by atoms with van der Waals surface area (Å²) in [5, 5.41) is 4.79. The SMILES string of the molecule is COc1ccc(/C=N\Oc2ncnc3ccccc23)cc1. The molecule has 2 aromatic carbocycles. The molecule has 0 unspecified atom stereocenters. The van der Waals surface area contributed by atoms with Crippen LogP contribution in [0.25, 0.3) is 10.9 Å². The summed E-state index contributed by atoms with van der Waals surface area (Å²) >= 11 is 0. The number of ether oxygens (including phenoxy) is 1. The largest absolute Gasteiger partial charge is 0.497 e. The Balaban J connectivity index is 1.78. The Morgan fingerprint density at radius 2 is 1.81 bits per heavy atom. The number of hydrogen-bond donors (Lipinski definition) is 0. The summed E-state index contributed by atoms with van der Waals surface area (Å²) in [5.74, 6) is 1.24. The van der Waals surface area contributed by atoms with Gasteiger partial charge in [0.05, 0.1) is 24.2 Å². The number of methoxy groups -OCH3 is 1. The Morgan fingerprint density at radius 3 is 2.62 bits per heavy atom. The maximum absolute atomic E-state index is 5.37. The summed E-state index contributed by atoms with van der Waals surface area (Å²) in [6.07, 6.45) is 3.08. The van der Waals surface area contributed by atoms with E-state index in [-0.39, 0.29) is 0 Å². The first-order chi connectivity index (χ1) is 10.4. The van der Waals surface area contributed by atoms with Crippen molar-refractivity contribution < 1.29 is 9.57 Å². The van der Waals surface area contributed by atoms with Crippen molar-refractivity contribution in [2.45, 2.75) is 0 Å². The van der Waals surface area contributed by atoms with Crippen molar-refractivity contribution in [1.82, 2.24) is 9.97 Å². The van der Waals surface area contributed by atoms with Gasteiger partial charge in [-0.15, -0.1) is 0 Å². The van der Waals surface area contributed by atoms with Gasteiger partial charge in [-0.1, -0.05) is 17.3 Å². The van der Waals surface area contributed by atoms with Crippen LogP contribution < -0.4 is 9.57 Å². The molecule has 5 nitrogen and oxygen atoms in total. The molecule has 0 aliphatic carbocycles. The second-order valence-electron chi connectivity index (χ2n) is 4.29. The van der Waals surface area contributed by atoms with Gasteiger partial charge in [0.1, 0.15) is 12.1 Å². The second kappa shape index (κ2) is 6.00. The summed E-state index contributed by atoms with van der Waals surface area (Å²) in [7, 11) is 1.63. The van der Waals surface area contributed by atoms with Gasteiger partial charge in [-0.3, -0.25) is 0 Å². The van der Waals surface area contributed by atoms with Gasteiger partial charge in [-0.2, -0.15) is 4.98 Å². The van der Waals surface area contributed by atoms with Crippen molar-refractivity contribution in [3.8, 4) is 11.6 Å². The Morgan fingerprint density at radius 1 is 1.00 bits per heavy atom. The topological polar surface area (TPSA) is 56.6 Å². The fourth-order valence-corrected chi connectivity index (χ4v) is 1.88. The lowest BCUT2D eigenvalue weighted by atomic mass is 10.2. The Hall–Kier alpha value is -2.95. The number of rotatable bonds is 4. The van der Waals surface area contributed by atoms with Crippen molar-refractivity contribution in [1.29, 1.82) is 0 Å². The normalized spacial score (nSPS) is 10.9. The molecule has 0 aliphatic rings. The van der Waals surface area contributed by atoms with Crippen LogP contribution in [0.3, 0.4) is 0 Å². The van der Waals surface area contributed by atoms with Gasteiger partial charge in [0.25, 0.3) is 5.88 Å². The quantitative estimate of drug-likeness (QED) is 0.544. The molecule has 0 aliphatic heterocycles. The number of fused-ring (bicyclic) bond motifs is 1. The van der Waals surface area contributed by atoms with Gasteiger partial charge >= 0.3 is 0 Å². The predicted molar refractivity (Wildman–Crippen MR) is 80.8 cm³/mol. The Kier molecular flexibility index (Phi) is 3.73. The highest BCUT2D eigenvalue weighted by Crippen LogP contribution is 2.20. The summed E-state index contributed by atoms with van der Waals surface area (Å²) in [5.41, 5.74) is 1.73. The fraction of sp³-hybridized carbons (Fsp3) is 0.0625. The van der Waals surface area contributed by atoms with E-state index in [1.807, 2.05) is 48.5 Å². The third kappa shape index (κ3) is 2.97. The molecule has 3 aromatic rings. The van der Waals surface area contributed by atoms with Gasteiger partial charge in [0, 0.05) is 0 Å². The second-order valence-corrected chi connectivity index (χ2v) is 4.29. The minimum Gasteiger partial charge on any atom is -0.497 e. The van der Waals surface area contributed by atoms with Crippen molar-refractivity contribution in [2.24, 2.45) is 5.16 Å². The van der Waals surface area contributed by atoms with Crippen LogP contribution in [0, 0.1) is 0 Å². The highest BCUT2D eigenvalue weighted by atomic mass is 16.6. The molecule has 0 saturated heterocycles. The van der Waals surface area contributed by atoms with Gasteiger partial charge in [-0.25, -0.2) is 4.98 Å². The number of benzene rings is 2. The first kappa shape index (κ1) is 13.1. The number of nitrogens with zero attached hydrogens (tertiary/aromatic N) is 3. The molecule has 1 heterocycles. The number of oxime groups is 1. The van der Waals surface area contributed by atoms with E-state index in [0.29, 0.717) is 5.88 Å². The molecule has 21 heavy (non-hydrogen) atoms. The summed E-state index contributed by atoms with van der Waals surface area (Å²) in [4.78, 5) is 13.6. The standard InChI is InChI=1S/C16H13N3O2/c1-20-13-8-6-12(7-9-13)10-19-21-16-14-4-2-3-5-15(14)17-11-18-16/h2-11H,1H3/b19-10-. The molecule has 3 rings (SSSR count). The molecule has 0 atom stereocenters. The van der Waals surface area contributed by atoms with Crippen LogP contribution in [0.15, 0.2) is 60.0 Å². The maximum atomic E-state index is 5.37. The molecular weight excluding hydrogens is 266 g/mol. The van der Waals surface area contributed by atoms with Gasteiger partial charge in [0.2, 0.25) is 0 Å². The third-order valence-corrected chi connectivity index (χ3v) is 2.96. The predicted octanol–water partition coefficient (Wildman–Crippen LogP) is 3.05. The smallest absolute Gasteiger partial charge is 0.259 e. The fourth-order valence-electron chi connectivity index (χ4n) is 1.88. The van der Waals surface area contributed by atoms with Gasteiger partial charge in [0.15, 0.2) is 0 Å². The van der Waals surface area contributed by atoms with Crippen LogP contribution in [0.5, 0.6) is 11.6 Å². The van der Waals surface area contributed by atoms with E-state index in [1.165, 1.54) is 6.33 Å². The molecule has 0 spiro atoms. The highest BCUT2D eigenvalue weighted by molar-refractivity contribution is 5.83. The molecule has 0 N–H and O–H groups in total. The van der Waals surface area contributed by atoms with Crippen LogP contribution in [-0.2, 0) is 0 Å². The zero-order chi connectivity index (χ0) is 14.5. The van der Waals surface area contributed by atoms with E-state index in [9.17, 15) is 0 Å². The molecule has 0 radical (unpaired) electrons. The van der Waals surface area contributed by atoms with E-state index in [2.05, 4.69) is 15.1 Å². The van der Waals surface area contributed by atoms with Crippen LogP contribution >= 0.6 is 0 Å². The maximum Gasteiger partial charge on any atom is 0.259 e. The molecule has 0 amide bonds. The molecule has 0 fully saturated rings. The lowest BCUT2D eigenvalue weighted by Crippen LogP contribution is -1.92. The number of aromatic nitrogens is 2. The Labute approximate surface area is 121 Å². The van der Waals surface area contributed by atoms with Crippen molar-refractivity contribution in [3.63, 3.8) is 0 Å². The minimum absolute atomic E-state index is 0.436. The molecular formula is C16H13N3O2. The average molecular weight is 279 g/mol. The first-order valence-electron chi connectivity index (χ1n) is 6.41. The van der Waals surface area contributed by atoms with Gasteiger partial charge in [-0.05, 0) is 42.0 Å². The zero-order valence-electron chi connectivity index (χ0n) is 11.4. The summed E-state index contributed by atoms with van der Waals surface area (Å²) in [6, 6.07) is 15.1. The van der Waals surface area contributed by atoms with E-state index in [1.54, 1.807) is 13.3 Å². The van der Waals surface area contributed by atoms with E-state index >= 15 is 0 Å². The van der Waals surface area contributed by atoms with Crippen LogP contribution in [0.4, 0.5) is 0 Å². The average Bonchev–Trinajstić information content (AvgIpc) is 2.56. The summed E-state index contributed by atoms with van der Waals surface area (Å²) in [6.45, 7) is 0. The lowest BCUT2D eigenvalue weighted by Gasteiger charge is -2.01. The van der Waals surface area contributed by atoms with Crippen LogP contribution in [-0.4, -0.2) is 23.3 Å². The van der Waals surface area contributed by atoms with Crippen LogP contribution in [0.2, 0.25) is 0 Å². The first-order valence-corrected chi connectivity index (χ1v) is 6.41. The highest BCUT2D eigenvalue weighted by Gasteiger charge is 2.03. The molecule has 104 valence electrons. The van der Waals surface area contributed by atoms with E-state index in [0.717, 1.165) is 22.2 Å². The summed E-state index contributed by atoms with van der Waals surface area (Å²) < 4.78 is 5.10. The van der Waals surface area contributed by atoms with Crippen molar-refractivity contribution in [3.05, 3.63) is 60.4 Å². The van der Waals surface area contributed by atoms with E-state index in [4.69, 9.17) is 9.57 Å². The zero-order valence-corrected chi connectivity index (χ0v) is 11.4. The monoisotopic (exact) mass is 279 g/mol. The third-order valence-electron chi connectivity index (χ3n) is 2.96. The number of hydrogen-bond acceptors (Lipinski definition) is 5. The van der Waals surface area contributed by atoms with Crippen molar-refractivity contribution >= 4 is 17.1 Å².